The van der Waals surface area contributed by atoms with Gasteiger partial charge in [-0.1, -0.05) is 231 Å². The van der Waals surface area contributed by atoms with Gasteiger partial charge in [-0.2, -0.15) is 0 Å². The van der Waals surface area contributed by atoms with E-state index in [1.54, 1.807) is 0 Å². The number of hydrogen-bond donors (Lipinski definition) is 5. The van der Waals surface area contributed by atoms with Crippen LogP contribution in [-0.2, 0) is 4.79 Å². The number of hydrogen-bond acceptors (Lipinski definition) is 5. The molecule has 5 N–H and O–H groups in total. The SMILES string of the molecule is CCCCCCC/C=C/CCCC(O)C(O)C(CO)NC(=O)C(O)CCCCCCCCCCCCCCCCCC/C=C\CCCCCCCCCCCCCC. The van der Waals surface area contributed by atoms with E-state index in [9.17, 15) is 25.2 Å². The Hall–Kier alpha value is -1.21. The van der Waals surface area contributed by atoms with Gasteiger partial charge in [-0.25, -0.2) is 0 Å². The predicted octanol–water partition coefficient (Wildman–Crippen LogP) is 14.3. The Morgan fingerprint density at radius 3 is 1.03 bits per heavy atom. The normalized spacial score (nSPS) is 14.1. The summed E-state index contributed by atoms with van der Waals surface area (Å²) in [6.45, 7) is 4.02. The van der Waals surface area contributed by atoms with Crippen LogP contribution in [0.2, 0.25) is 0 Å². The molecule has 0 saturated carbocycles. The van der Waals surface area contributed by atoms with Crippen LogP contribution in [0.15, 0.2) is 24.3 Å². The molecular weight excluding hydrogens is 719 g/mol. The Morgan fingerprint density at radius 1 is 0.414 bits per heavy atom. The van der Waals surface area contributed by atoms with E-state index in [0.717, 1.165) is 38.5 Å². The maximum absolute atomic E-state index is 12.5. The van der Waals surface area contributed by atoms with Crippen LogP contribution in [0.1, 0.15) is 271 Å². The second-order valence-corrected chi connectivity index (χ2v) is 17.9. The van der Waals surface area contributed by atoms with Crippen molar-refractivity contribution in [3.05, 3.63) is 24.3 Å². The van der Waals surface area contributed by atoms with Crippen LogP contribution in [-0.4, -0.2) is 57.3 Å². The van der Waals surface area contributed by atoms with Crippen molar-refractivity contribution in [3.63, 3.8) is 0 Å². The van der Waals surface area contributed by atoms with Gasteiger partial charge in [-0.15, -0.1) is 0 Å². The summed E-state index contributed by atoms with van der Waals surface area (Å²) >= 11 is 0. The summed E-state index contributed by atoms with van der Waals surface area (Å²) < 4.78 is 0. The molecule has 0 radical (unpaired) electrons. The lowest BCUT2D eigenvalue weighted by Gasteiger charge is -2.27. The van der Waals surface area contributed by atoms with E-state index < -0.39 is 36.9 Å². The smallest absolute Gasteiger partial charge is 0.249 e. The Morgan fingerprint density at radius 2 is 0.707 bits per heavy atom. The molecule has 0 aromatic heterocycles. The third-order valence-corrected chi connectivity index (χ3v) is 12.1. The third kappa shape index (κ3) is 40.2. The van der Waals surface area contributed by atoms with Crippen LogP contribution in [0.3, 0.4) is 0 Å². The zero-order valence-electron chi connectivity index (χ0n) is 38.8. The van der Waals surface area contributed by atoms with Crippen molar-refractivity contribution >= 4 is 5.91 Å². The van der Waals surface area contributed by atoms with E-state index in [1.807, 2.05) is 0 Å². The zero-order valence-corrected chi connectivity index (χ0v) is 38.8. The number of allylic oxidation sites excluding steroid dienone is 4. The van der Waals surface area contributed by atoms with Crippen molar-refractivity contribution in [1.82, 2.24) is 5.32 Å². The van der Waals surface area contributed by atoms with Gasteiger partial charge in [0.1, 0.15) is 12.2 Å². The predicted molar refractivity (Wildman–Crippen MR) is 251 cm³/mol. The molecule has 0 heterocycles. The molecule has 0 aromatic carbocycles. The quantitative estimate of drug-likeness (QED) is 0.0310. The first kappa shape index (κ1) is 56.8. The van der Waals surface area contributed by atoms with E-state index in [2.05, 4.69) is 43.5 Å². The molecule has 0 aliphatic heterocycles. The first-order valence-corrected chi connectivity index (χ1v) is 25.7. The largest absolute Gasteiger partial charge is 0.394 e. The standard InChI is InChI=1S/C52H101NO5/c1-3-5-7-9-11-13-15-16-17-18-19-20-21-22-23-24-25-26-27-28-29-30-31-32-33-34-35-36-38-40-42-44-46-50(56)52(58)53-48(47-54)51(57)49(55)45-43-41-39-37-14-12-10-8-6-4-2/h22-23,37,39,48-51,54-57H,3-21,24-36,38,40-47H2,1-2H3,(H,53,58)/b23-22-,39-37+. The monoisotopic (exact) mass is 820 g/mol. The summed E-state index contributed by atoms with van der Waals surface area (Å²) in [5.74, 6) is -0.592. The van der Waals surface area contributed by atoms with Gasteiger partial charge in [0.15, 0.2) is 0 Å². The fourth-order valence-corrected chi connectivity index (χ4v) is 8.05. The molecule has 0 aromatic rings. The molecule has 0 fully saturated rings. The molecule has 6 nitrogen and oxygen atoms in total. The highest BCUT2D eigenvalue weighted by molar-refractivity contribution is 5.80. The van der Waals surface area contributed by atoms with E-state index in [4.69, 9.17) is 0 Å². The maximum Gasteiger partial charge on any atom is 0.249 e. The van der Waals surface area contributed by atoms with Crippen LogP contribution >= 0.6 is 0 Å². The van der Waals surface area contributed by atoms with Crippen LogP contribution < -0.4 is 5.32 Å². The van der Waals surface area contributed by atoms with Crippen molar-refractivity contribution < 1.29 is 25.2 Å². The molecular formula is C52H101NO5. The topological polar surface area (TPSA) is 110 Å². The summed E-state index contributed by atoms with van der Waals surface area (Å²) in [7, 11) is 0. The molecule has 0 spiro atoms. The second kappa shape index (κ2) is 46.8. The second-order valence-electron chi connectivity index (χ2n) is 17.9. The number of carbonyl (C=O) groups excluding carboxylic acids is 1. The van der Waals surface area contributed by atoms with Crippen LogP contribution in [0.5, 0.6) is 0 Å². The number of amides is 1. The number of aliphatic hydroxyl groups excluding tert-OH is 4. The van der Waals surface area contributed by atoms with E-state index in [0.29, 0.717) is 12.8 Å². The van der Waals surface area contributed by atoms with Gasteiger partial charge in [0.05, 0.1) is 18.8 Å². The Bertz CT molecular complexity index is 878. The van der Waals surface area contributed by atoms with Gasteiger partial charge in [0.25, 0.3) is 0 Å². The number of nitrogens with one attached hydrogen (secondary N) is 1. The van der Waals surface area contributed by atoms with Crippen LogP contribution in [0.25, 0.3) is 0 Å². The number of rotatable bonds is 47. The molecule has 0 rings (SSSR count). The third-order valence-electron chi connectivity index (χ3n) is 12.1. The lowest BCUT2D eigenvalue weighted by molar-refractivity contribution is -0.132. The minimum Gasteiger partial charge on any atom is -0.394 e. The highest BCUT2D eigenvalue weighted by Crippen LogP contribution is 2.17. The maximum atomic E-state index is 12.5. The summed E-state index contributed by atoms with van der Waals surface area (Å²) in [4.78, 5) is 12.5. The van der Waals surface area contributed by atoms with Crippen molar-refractivity contribution in [2.45, 2.75) is 295 Å². The molecule has 58 heavy (non-hydrogen) atoms. The molecule has 0 aliphatic carbocycles. The molecule has 1 amide bonds. The van der Waals surface area contributed by atoms with Crippen LogP contribution in [0.4, 0.5) is 0 Å². The van der Waals surface area contributed by atoms with Gasteiger partial charge in [-0.3, -0.25) is 4.79 Å². The molecule has 4 atom stereocenters. The van der Waals surface area contributed by atoms with E-state index in [1.165, 1.54) is 205 Å². The van der Waals surface area contributed by atoms with Crippen molar-refractivity contribution in [2.24, 2.45) is 0 Å². The van der Waals surface area contributed by atoms with Gasteiger partial charge in [0.2, 0.25) is 5.91 Å². The highest BCUT2D eigenvalue weighted by atomic mass is 16.3. The molecule has 0 bridgehead atoms. The molecule has 4 unspecified atom stereocenters. The molecule has 0 saturated heterocycles. The first-order chi connectivity index (χ1) is 28.5. The average molecular weight is 820 g/mol. The number of carbonyl (C=O) groups is 1. The molecule has 344 valence electrons. The van der Waals surface area contributed by atoms with Crippen molar-refractivity contribution in [3.8, 4) is 0 Å². The molecule has 6 heteroatoms. The lowest BCUT2D eigenvalue weighted by atomic mass is 10.00. The fraction of sp³-hybridized carbons (Fsp3) is 0.904. The van der Waals surface area contributed by atoms with E-state index in [-0.39, 0.29) is 0 Å². The minimum atomic E-state index is -1.28. The first-order valence-electron chi connectivity index (χ1n) is 25.7. The Labute approximate surface area is 361 Å². The lowest BCUT2D eigenvalue weighted by Crippen LogP contribution is -2.53. The van der Waals surface area contributed by atoms with E-state index >= 15 is 0 Å². The Balaban J connectivity index is 3.54. The van der Waals surface area contributed by atoms with Crippen molar-refractivity contribution in [2.75, 3.05) is 6.61 Å². The molecule has 0 aliphatic rings. The Kier molecular flexibility index (Phi) is 45.9. The highest BCUT2D eigenvalue weighted by Gasteiger charge is 2.28. The fourth-order valence-electron chi connectivity index (χ4n) is 8.05. The number of unbranched alkanes of at least 4 members (excludes halogenated alkanes) is 34. The average Bonchev–Trinajstić information content (AvgIpc) is 3.23. The summed E-state index contributed by atoms with van der Waals surface area (Å²) in [5, 5.41) is 43.6. The summed E-state index contributed by atoms with van der Waals surface area (Å²) in [6.07, 6.45) is 55.5. The minimum absolute atomic E-state index is 0.366. The van der Waals surface area contributed by atoms with Gasteiger partial charge in [0, 0.05) is 0 Å². The summed E-state index contributed by atoms with van der Waals surface area (Å²) in [5.41, 5.74) is 0. The zero-order chi connectivity index (χ0) is 42.4. The van der Waals surface area contributed by atoms with Crippen molar-refractivity contribution in [1.29, 1.82) is 0 Å². The van der Waals surface area contributed by atoms with Gasteiger partial charge in [-0.05, 0) is 64.2 Å². The number of aliphatic hydroxyl groups is 4. The summed E-state index contributed by atoms with van der Waals surface area (Å²) in [6, 6.07) is -0.998. The van der Waals surface area contributed by atoms with Gasteiger partial charge >= 0.3 is 0 Å². The van der Waals surface area contributed by atoms with Gasteiger partial charge < -0.3 is 25.7 Å². The van der Waals surface area contributed by atoms with Crippen LogP contribution in [0, 0.1) is 0 Å².